The molecule has 8 heteroatoms. The molecular weight excluding hydrogens is 321 g/mol. The molecule has 1 N–H and O–H groups in total. The summed E-state index contributed by atoms with van der Waals surface area (Å²) in [5.41, 5.74) is 0.767. The minimum absolute atomic E-state index is 0.0696. The third-order valence-corrected chi connectivity index (χ3v) is 4.12. The van der Waals surface area contributed by atoms with Crippen LogP contribution in [0.4, 0.5) is 0 Å². The van der Waals surface area contributed by atoms with Crippen molar-refractivity contribution in [2.45, 2.75) is 38.1 Å². The van der Waals surface area contributed by atoms with Gasteiger partial charge in [0, 0.05) is 0 Å². The summed E-state index contributed by atoms with van der Waals surface area (Å²) in [4.78, 5) is 43.8. The average Bonchev–Trinajstić information content (AvgIpc) is 2.45. The SMILES string of the molecule is O=C(Cc1ccccc1)N[C@@H](CCCCCP(=O)([O-])[O-])C(=O)[O-]. The number of carboxylic acids is 1. The number of amides is 1. The van der Waals surface area contributed by atoms with Crippen LogP contribution >= 0.6 is 7.60 Å². The van der Waals surface area contributed by atoms with Crippen molar-refractivity contribution in [1.82, 2.24) is 5.32 Å². The van der Waals surface area contributed by atoms with Gasteiger partial charge >= 0.3 is 0 Å². The Labute approximate surface area is 134 Å². The molecule has 1 aromatic carbocycles. The van der Waals surface area contributed by atoms with Gasteiger partial charge < -0.3 is 29.6 Å². The van der Waals surface area contributed by atoms with Crippen molar-refractivity contribution in [3.8, 4) is 0 Å². The molecule has 0 saturated carbocycles. The van der Waals surface area contributed by atoms with E-state index in [1.54, 1.807) is 24.3 Å². The number of carboxylic acid groups (broad SMARTS) is 1. The van der Waals surface area contributed by atoms with Crippen LogP contribution in [0.15, 0.2) is 30.3 Å². The summed E-state index contributed by atoms with van der Waals surface area (Å²) in [6, 6.07) is 7.77. The highest BCUT2D eigenvalue weighted by atomic mass is 31.2. The number of hydrogen-bond acceptors (Lipinski definition) is 6. The Balaban J connectivity index is 2.35. The number of carbonyl (C=O) groups is 2. The van der Waals surface area contributed by atoms with Crippen LogP contribution in [-0.4, -0.2) is 24.1 Å². The van der Waals surface area contributed by atoms with E-state index in [9.17, 15) is 29.0 Å². The van der Waals surface area contributed by atoms with Crippen molar-refractivity contribution in [1.29, 1.82) is 0 Å². The van der Waals surface area contributed by atoms with Crippen LogP contribution in [0.1, 0.15) is 31.2 Å². The second-order valence-electron chi connectivity index (χ2n) is 5.29. The summed E-state index contributed by atoms with van der Waals surface area (Å²) >= 11 is 0. The first kappa shape index (κ1) is 19.4. The molecule has 0 aliphatic heterocycles. The van der Waals surface area contributed by atoms with Crippen molar-refractivity contribution < 1.29 is 29.0 Å². The lowest BCUT2D eigenvalue weighted by Gasteiger charge is -2.29. The number of carbonyl (C=O) groups excluding carboxylic acids is 2. The minimum atomic E-state index is -4.51. The van der Waals surface area contributed by atoms with Crippen LogP contribution < -0.4 is 20.2 Å². The number of unbranched alkanes of at least 4 members (excludes halogenated alkanes) is 2. The van der Waals surface area contributed by atoms with Gasteiger partial charge in [0.2, 0.25) is 5.91 Å². The Morgan fingerprint density at radius 2 is 1.74 bits per heavy atom. The average molecular weight is 340 g/mol. The van der Waals surface area contributed by atoms with Gasteiger partial charge in [0.25, 0.3) is 0 Å². The van der Waals surface area contributed by atoms with E-state index in [0.29, 0.717) is 12.8 Å². The molecule has 7 nitrogen and oxygen atoms in total. The zero-order valence-electron chi connectivity index (χ0n) is 12.6. The molecule has 0 aliphatic carbocycles. The Kier molecular flexibility index (Phi) is 7.95. The molecule has 1 aromatic rings. The van der Waals surface area contributed by atoms with Gasteiger partial charge in [-0.15, -0.1) is 0 Å². The number of nitrogens with one attached hydrogen (secondary N) is 1. The first-order valence-corrected chi connectivity index (χ1v) is 9.06. The molecule has 0 bridgehead atoms. The largest absolute Gasteiger partial charge is 0.811 e. The molecule has 0 heterocycles. The van der Waals surface area contributed by atoms with Crippen LogP contribution in [0.25, 0.3) is 0 Å². The molecule has 1 amide bonds. The second kappa shape index (κ2) is 9.45. The van der Waals surface area contributed by atoms with Gasteiger partial charge in [-0.2, -0.15) is 0 Å². The maximum atomic E-state index is 11.8. The lowest BCUT2D eigenvalue weighted by atomic mass is 10.1. The summed E-state index contributed by atoms with van der Waals surface area (Å²) in [6.45, 7) is 0. The molecule has 0 saturated heterocycles. The molecule has 0 aliphatic rings. The van der Waals surface area contributed by atoms with Gasteiger partial charge in [0.15, 0.2) is 0 Å². The molecule has 0 spiro atoms. The summed E-state index contributed by atoms with van der Waals surface area (Å²) in [5.74, 6) is -1.81. The molecule has 128 valence electrons. The standard InChI is InChI=1S/C15H22NO6P/c17-14(11-12-7-3-1-4-8-12)16-13(15(18)19)9-5-2-6-10-23(20,21)22/h1,3-4,7-8,13H,2,5-6,9-11H2,(H,16,17)(H,18,19)(H2,20,21,22)/p-3/t13-/m0/s1. The van der Waals surface area contributed by atoms with E-state index >= 15 is 0 Å². The van der Waals surface area contributed by atoms with Gasteiger partial charge in [-0.05, 0) is 24.6 Å². The van der Waals surface area contributed by atoms with Crippen molar-refractivity contribution in [3.05, 3.63) is 35.9 Å². The van der Waals surface area contributed by atoms with Gasteiger partial charge in [-0.1, -0.05) is 50.8 Å². The third kappa shape index (κ3) is 9.13. The third-order valence-electron chi connectivity index (χ3n) is 3.25. The van der Waals surface area contributed by atoms with E-state index in [4.69, 9.17) is 0 Å². The summed E-state index contributed by atoms with van der Waals surface area (Å²) in [5, 5.41) is 13.4. The highest BCUT2D eigenvalue weighted by Crippen LogP contribution is 2.24. The molecule has 1 atom stereocenters. The van der Waals surface area contributed by atoms with Crippen LogP contribution in [0.2, 0.25) is 0 Å². The normalized spacial score (nSPS) is 12.6. The van der Waals surface area contributed by atoms with Crippen molar-refractivity contribution in [2.24, 2.45) is 0 Å². The van der Waals surface area contributed by atoms with E-state index in [0.717, 1.165) is 5.56 Å². The molecule has 23 heavy (non-hydrogen) atoms. The number of rotatable bonds is 10. The van der Waals surface area contributed by atoms with E-state index in [2.05, 4.69) is 5.32 Å². The minimum Gasteiger partial charge on any atom is -0.811 e. The van der Waals surface area contributed by atoms with Crippen LogP contribution in [0.3, 0.4) is 0 Å². The first-order chi connectivity index (χ1) is 10.8. The van der Waals surface area contributed by atoms with Crippen molar-refractivity contribution in [2.75, 3.05) is 6.16 Å². The number of hydrogen-bond donors (Lipinski definition) is 1. The molecule has 0 fully saturated rings. The monoisotopic (exact) mass is 340 g/mol. The summed E-state index contributed by atoms with van der Waals surface area (Å²) < 4.78 is 10.5. The maximum Gasteiger partial charge on any atom is 0.224 e. The van der Waals surface area contributed by atoms with Crippen LogP contribution in [-0.2, 0) is 20.6 Å². The van der Waals surface area contributed by atoms with E-state index in [1.807, 2.05) is 6.07 Å². The lowest BCUT2D eigenvalue weighted by molar-refractivity contribution is -0.314. The Morgan fingerprint density at radius 3 is 2.30 bits per heavy atom. The fourth-order valence-electron chi connectivity index (χ4n) is 2.11. The zero-order valence-corrected chi connectivity index (χ0v) is 13.5. The van der Waals surface area contributed by atoms with Gasteiger partial charge in [-0.25, -0.2) is 0 Å². The van der Waals surface area contributed by atoms with Gasteiger partial charge in [0.1, 0.15) is 0 Å². The summed E-state index contributed by atoms with van der Waals surface area (Å²) in [7, 11) is -4.51. The lowest BCUT2D eigenvalue weighted by Crippen LogP contribution is -2.48. The zero-order chi connectivity index (χ0) is 17.3. The van der Waals surface area contributed by atoms with E-state index < -0.39 is 31.7 Å². The summed E-state index contributed by atoms with van der Waals surface area (Å²) in [6.07, 6.45) is 0.716. The fraction of sp³-hybridized carbons (Fsp3) is 0.467. The maximum absolute atomic E-state index is 11.8. The van der Waals surface area contributed by atoms with E-state index in [-0.39, 0.29) is 19.3 Å². The number of benzene rings is 1. The van der Waals surface area contributed by atoms with Crippen LogP contribution in [0.5, 0.6) is 0 Å². The fourth-order valence-corrected chi connectivity index (χ4v) is 2.72. The topological polar surface area (TPSA) is 132 Å². The Bertz CT molecular complexity index is 556. The Morgan fingerprint density at radius 1 is 1.09 bits per heavy atom. The van der Waals surface area contributed by atoms with E-state index in [1.165, 1.54) is 0 Å². The van der Waals surface area contributed by atoms with Crippen molar-refractivity contribution in [3.63, 3.8) is 0 Å². The highest BCUT2D eigenvalue weighted by Gasteiger charge is 2.13. The Hall–Kier alpha value is -1.69. The van der Waals surface area contributed by atoms with Gasteiger partial charge in [0.05, 0.1) is 18.4 Å². The van der Waals surface area contributed by atoms with Crippen molar-refractivity contribution >= 4 is 19.5 Å². The van der Waals surface area contributed by atoms with Gasteiger partial charge in [-0.3, -0.25) is 4.79 Å². The predicted molar refractivity (Wildman–Crippen MR) is 78.0 cm³/mol. The second-order valence-corrected chi connectivity index (χ2v) is 6.95. The van der Waals surface area contributed by atoms with Crippen LogP contribution in [0, 0.1) is 0 Å². The predicted octanol–water partition coefficient (Wildman–Crippen LogP) is -1.06. The molecule has 1 rings (SSSR count). The smallest absolute Gasteiger partial charge is 0.224 e. The first-order valence-electron chi connectivity index (χ1n) is 7.33. The number of aliphatic carboxylic acids is 1. The molecule has 0 aromatic heterocycles. The molecule has 0 radical (unpaired) electrons. The highest BCUT2D eigenvalue weighted by molar-refractivity contribution is 7.48. The quantitative estimate of drug-likeness (QED) is 0.426. The molecular formula is C15H19NO6P-3. The molecule has 0 unspecified atom stereocenters.